The zero-order chi connectivity index (χ0) is 9.23. The molecule has 0 heterocycles. The van der Waals surface area contributed by atoms with Gasteiger partial charge in [-0.25, -0.2) is 0 Å². The van der Waals surface area contributed by atoms with Crippen LogP contribution >= 0.6 is 42.1 Å². The van der Waals surface area contributed by atoms with Crippen LogP contribution in [0.15, 0.2) is 36.4 Å². The summed E-state index contributed by atoms with van der Waals surface area (Å²) in [6.07, 6.45) is 1.90. The molecule has 0 atom stereocenters. The van der Waals surface area contributed by atoms with Gasteiger partial charge in [0.2, 0.25) is 0 Å². The van der Waals surface area contributed by atoms with Crippen molar-refractivity contribution in [2.45, 2.75) is 13.8 Å². The summed E-state index contributed by atoms with van der Waals surface area (Å²) in [5, 5.41) is 0. The topological polar surface area (TPSA) is 20.2 Å². The smallest absolute Gasteiger partial charge is 0.0245 e. The molecule has 0 amide bonds. The summed E-state index contributed by atoms with van der Waals surface area (Å²) >= 11 is 0. The van der Waals surface area contributed by atoms with Gasteiger partial charge in [0.15, 0.2) is 0 Å². The van der Waals surface area contributed by atoms with Crippen molar-refractivity contribution in [3.63, 3.8) is 0 Å². The molecule has 1 nitrogen and oxygen atoms in total. The maximum atomic E-state index is 8.73. The normalized spacial score (nSPS) is 7.20. The van der Waals surface area contributed by atoms with Gasteiger partial charge in [0.1, 0.15) is 0 Å². The third-order valence-corrected chi connectivity index (χ3v) is 2.86. The summed E-state index contributed by atoms with van der Waals surface area (Å²) in [5.41, 5.74) is 0. The summed E-state index contributed by atoms with van der Waals surface area (Å²) in [6.45, 7) is 4.02. The van der Waals surface area contributed by atoms with Crippen molar-refractivity contribution in [3.05, 3.63) is 36.4 Å². The molecule has 0 aliphatic rings. The van der Waals surface area contributed by atoms with Crippen LogP contribution in [0.5, 0.6) is 0 Å². The Kier molecular flexibility index (Phi) is 34.5. The van der Waals surface area contributed by atoms with Crippen LogP contribution < -0.4 is 0 Å². The fourth-order valence-electron chi connectivity index (χ4n) is 0.609. The monoisotopic (exact) mass is 446 g/mol. The first-order valence-corrected chi connectivity index (χ1v) is 5.91. The molecule has 15 heavy (non-hydrogen) atoms. The Bertz CT molecular complexity index is 148. The zero-order valence-electron chi connectivity index (χ0n) is 8.94. The molecule has 5 heteroatoms. The van der Waals surface area contributed by atoms with E-state index in [9.17, 15) is 0 Å². The summed E-state index contributed by atoms with van der Waals surface area (Å²) in [6, 6.07) is 12.0. The van der Waals surface area contributed by atoms with E-state index in [1.165, 1.54) is 0 Å². The van der Waals surface area contributed by atoms with Crippen molar-refractivity contribution >= 4 is 42.1 Å². The van der Waals surface area contributed by atoms with E-state index in [0.717, 1.165) is 12.3 Å². The Morgan fingerprint density at radius 2 is 1.00 bits per heavy atom. The molecule has 0 saturated heterocycles. The van der Waals surface area contributed by atoms with Gasteiger partial charge in [0.05, 0.1) is 0 Å². The summed E-state index contributed by atoms with van der Waals surface area (Å²) in [4.78, 5) is 8.73. The second-order valence-electron chi connectivity index (χ2n) is 2.29. The molecule has 0 aromatic heterocycles. The van der Waals surface area contributed by atoms with Crippen molar-refractivity contribution in [1.82, 2.24) is 0 Å². The molecule has 0 radical (unpaired) electrons. The largest absolute Gasteiger partial charge is 0.374 e. The van der Waals surface area contributed by atoms with Crippen LogP contribution in [-0.4, -0.2) is 17.2 Å². The number of halogens is 2. The predicted octanol–water partition coefficient (Wildman–Crippen LogP) is 4.26. The van der Waals surface area contributed by atoms with Gasteiger partial charge in [-0.2, -0.15) is 0 Å². The SMILES string of the molecule is Br.Br.CCP(O)CC.[Ru].c1ccccc1. The minimum absolute atomic E-state index is 0. The summed E-state index contributed by atoms with van der Waals surface area (Å²) in [5.74, 6) is 0. The fraction of sp³-hybridized carbons (Fsp3) is 0.400. The molecule has 1 aromatic carbocycles. The summed E-state index contributed by atoms with van der Waals surface area (Å²) in [7, 11) is -0.576. The van der Waals surface area contributed by atoms with Crippen molar-refractivity contribution in [2.75, 3.05) is 12.3 Å². The van der Waals surface area contributed by atoms with E-state index >= 15 is 0 Å². The van der Waals surface area contributed by atoms with Gasteiger partial charge in [-0.3, -0.25) is 0 Å². The Labute approximate surface area is 128 Å². The van der Waals surface area contributed by atoms with Gasteiger partial charge in [0, 0.05) is 27.6 Å². The second kappa shape index (κ2) is 20.6. The Hall–Kier alpha value is 1.19. The molecule has 0 aliphatic carbocycles. The number of benzene rings is 1. The van der Waals surface area contributed by atoms with Crippen LogP contribution in [-0.2, 0) is 19.5 Å². The average molecular weight is 447 g/mol. The van der Waals surface area contributed by atoms with Gasteiger partial charge in [-0.05, 0) is 12.3 Å². The van der Waals surface area contributed by atoms with E-state index in [0.29, 0.717) is 0 Å². The quantitative estimate of drug-likeness (QED) is 0.531. The number of hydrogen-bond donors (Lipinski definition) is 1. The molecule has 92 valence electrons. The van der Waals surface area contributed by atoms with E-state index in [-0.39, 0.29) is 53.4 Å². The van der Waals surface area contributed by atoms with E-state index in [1.807, 2.05) is 50.2 Å². The van der Waals surface area contributed by atoms with Crippen LogP contribution in [0.2, 0.25) is 0 Å². The number of rotatable bonds is 2. The van der Waals surface area contributed by atoms with Crippen LogP contribution in [0.1, 0.15) is 13.8 Å². The molecule has 0 bridgehead atoms. The number of hydrogen-bond acceptors (Lipinski definition) is 1. The Balaban J connectivity index is -0.0000000672. The molecule has 1 aromatic rings. The third-order valence-electron chi connectivity index (χ3n) is 1.40. The minimum atomic E-state index is -0.576. The molecule has 0 saturated carbocycles. The first-order valence-electron chi connectivity index (χ1n) is 4.25. The van der Waals surface area contributed by atoms with Crippen molar-refractivity contribution < 1.29 is 24.4 Å². The Morgan fingerprint density at radius 3 is 1.07 bits per heavy atom. The van der Waals surface area contributed by atoms with Gasteiger partial charge >= 0.3 is 0 Å². The second-order valence-corrected chi connectivity index (χ2v) is 4.57. The first kappa shape index (κ1) is 25.1. The molecule has 0 fully saturated rings. The maximum absolute atomic E-state index is 8.73. The van der Waals surface area contributed by atoms with E-state index in [1.54, 1.807) is 0 Å². The predicted molar refractivity (Wildman–Crippen MR) is 77.3 cm³/mol. The van der Waals surface area contributed by atoms with Crippen LogP contribution in [0.3, 0.4) is 0 Å². The summed E-state index contributed by atoms with van der Waals surface area (Å²) < 4.78 is 0. The first-order chi connectivity index (χ1) is 5.81. The third kappa shape index (κ3) is 21.1. The van der Waals surface area contributed by atoms with Crippen molar-refractivity contribution in [3.8, 4) is 0 Å². The molecule has 0 aliphatic heterocycles. The molecule has 0 spiro atoms. The molecular formula is C10H19Br2OPRu. The fourth-order valence-corrected chi connectivity index (χ4v) is 1.06. The minimum Gasteiger partial charge on any atom is -0.374 e. The van der Waals surface area contributed by atoms with Gasteiger partial charge < -0.3 is 4.89 Å². The van der Waals surface area contributed by atoms with Gasteiger partial charge in [-0.1, -0.05) is 50.2 Å². The molecule has 0 unspecified atom stereocenters. The van der Waals surface area contributed by atoms with Crippen molar-refractivity contribution in [2.24, 2.45) is 0 Å². The van der Waals surface area contributed by atoms with Crippen LogP contribution in [0.25, 0.3) is 0 Å². The van der Waals surface area contributed by atoms with Gasteiger partial charge in [-0.15, -0.1) is 34.0 Å². The van der Waals surface area contributed by atoms with E-state index in [4.69, 9.17) is 4.89 Å². The van der Waals surface area contributed by atoms with Gasteiger partial charge in [0.25, 0.3) is 0 Å². The van der Waals surface area contributed by atoms with E-state index < -0.39 is 8.15 Å². The average Bonchev–Trinajstić information content (AvgIpc) is 2.20. The molecule has 1 rings (SSSR count). The van der Waals surface area contributed by atoms with E-state index in [2.05, 4.69) is 0 Å². The van der Waals surface area contributed by atoms with Crippen LogP contribution in [0, 0.1) is 0 Å². The molecule has 1 N–H and O–H groups in total. The standard InChI is InChI=1S/C6H6.C4H11OP.2BrH.Ru/c1-2-4-6-5-3-1;1-3-6(5)4-2;;;/h1-6H;5H,3-4H2,1-2H3;2*1H;. The maximum Gasteiger partial charge on any atom is 0.0245 e. The molecular weight excluding hydrogens is 428 g/mol. The van der Waals surface area contributed by atoms with Crippen molar-refractivity contribution in [1.29, 1.82) is 0 Å². The zero-order valence-corrected chi connectivity index (χ0v) is 15.0. The van der Waals surface area contributed by atoms with Crippen LogP contribution in [0.4, 0.5) is 0 Å². The Morgan fingerprint density at radius 1 is 0.800 bits per heavy atom.